The van der Waals surface area contributed by atoms with Gasteiger partial charge in [-0.1, -0.05) is 31.2 Å². The number of piperidine rings is 1. The van der Waals surface area contributed by atoms with Crippen LogP contribution in [0.3, 0.4) is 0 Å². The second-order valence-corrected chi connectivity index (χ2v) is 8.61. The standard InChI is InChI=1S/C25H24FN7O/c1-16-10-12-32(13-11-16)23(27)17-6-8-20(9-7-17)28-25(34)24-29-30-31-33(24)22-15-19-5-3-2-4-18(19)14-21(22)26/h2-9,14-16,27H,10-13H2,1H3,(H,28,34). The first-order valence-electron chi connectivity index (χ1n) is 11.2. The summed E-state index contributed by atoms with van der Waals surface area (Å²) in [5.74, 6) is -0.0457. The van der Waals surface area contributed by atoms with Crippen molar-refractivity contribution in [2.24, 2.45) is 5.92 Å². The van der Waals surface area contributed by atoms with Gasteiger partial charge in [-0.2, -0.15) is 4.68 Å². The second kappa shape index (κ2) is 9.01. The molecule has 34 heavy (non-hydrogen) atoms. The fraction of sp³-hybridized carbons (Fsp3) is 0.240. The van der Waals surface area contributed by atoms with Crippen LogP contribution in [0.4, 0.5) is 10.1 Å². The zero-order valence-electron chi connectivity index (χ0n) is 18.7. The molecule has 2 N–H and O–H groups in total. The third-order valence-electron chi connectivity index (χ3n) is 6.23. The summed E-state index contributed by atoms with van der Waals surface area (Å²) in [7, 11) is 0. The molecular weight excluding hydrogens is 433 g/mol. The molecule has 2 heterocycles. The van der Waals surface area contributed by atoms with Gasteiger partial charge in [-0.15, -0.1) is 5.10 Å². The molecule has 1 aliphatic rings. The number of carbonyl (C=O) groups is 1. The Labute approximate surface area is 195 Å². The van der Waals surface area contributed by atoms with Crippen LogP contribution < -0.4 is 5.32 Å². The first-order valence-corrected chi connectivity index (χ1v) is 11.2. The lowest BCUT2D eigenvalue weighted by atomic mass is 9.98. The number of tetrazole rings is 1. The minimum Gasteiger partial charge on any atom is -0.357 e. The number of nitrogens with zero attached hydrogens (tertiary/aromatic N) is 5. The Morgan fingerprint density at radius 2 is 1.74 bits per heavy atom. The summed E-state index contributed by atoms with van der Waals surface area (Å²) >= 11 is 0. The lowest BCUT2D eigenvalue weighted by Gasteiger charge is -2.32. The number of amides is 1. The third-order valence-corrected chi connectivity index (χ3v) is 6.23. The van der Waals surface area contributed by atoms with Crippen LogP contribution in [0, 0.1) is 17.1 Å². The van der Waals surface area contributed by atoms with E-state index in [0.717, 1.165) is 46.9 Å². The largest absolute Gasteiger partial charge is 0.357 e. The molecule has 0 aliphatic carbocycles. The van der Waals surface area contributed by atoms with Gasteiger partial charge in [0.05, 0.1) is 0 Å². The van der Waals surface area contributed by atoms with Gasteiger partial charge in [0.2, 0.25) is 5.82 Å². The molecule has 0 atom stereocenters. The van der Waals surface area contributed by atoms with Crippen LogP contribution in [-0.2, 0) is 0 Å². The number of amidine groups is 1. The summed E-state index contributed by atoms with van der Waals surface area (Å²) in [4.78, 5) is 15.0. The molecule has 1 aliphatic heterocycles. The van der Waals surface area contributed by atoms with E-state index in [2.05, 4.69) is 32.7 Å². The SMILES string of the molecule is CC1CCN(C(=N)c2ccc(NC(=O)c3nnnn3-c3cc4ccccc4cc3F)cc2)CC1. The van der Waals surface area contributed by atoms with Crippen molar-refractivity contribution in [1.82, 2.24) is 25.1 Å². The highest BCUT2D eigenvalue weighted by Gasteiger charge is 2.21. The number of nitrogens with one attached hydrogen (secondary N) is 2. The van der Waals surface area contributed by atoms with Gasteiger partial charge in [-0.25, -0.2) is 4.39 Å². The first kappa shape index (κ1) is 21.7. The molecule has 1 amide bonds. The number of rotatable bonds is 4. The van der Waals surface area contributed by atoms with Crippen LogP contribution in [0.25, 0.3) is 16.5 Å². The topological polar surface area (TPSA) is 99.8 Å². The number of aromatic nitrogens is 4. The van der Waals surface area contributed by atoms with E-state index >= 15 is 0 Å². The molecule has 1 fully saturated rings. The minimum absolute atomic E-state index is 0.0912. The summed E-state index contributed by atoms with van der Waals surface area (Å²) in [6, 6.07) is 17.4. The minimum atomic E-state index is -0.564. The lowest BCUT2D eigenvalue weighted by molar-refractivity contribution is 0.101. The van der Waals surface area contributed by atoms with Gasteiger partial charge >= 0.3 is 0 Å². The number of carbonyl (C=O) groups excluding carboxylic acids is 1. The van der Waals surface area contributed by atoms with Gasteiger partial charge in [0.25, 0.3) is 5.91 Å². The zero-order chi connectivity index (χ0) is 23.7. The van der Waals surface area contributed by atoms with Crippen molar-refractivity contribution in [2.75, 3.05) is 18.4 Å². The van der Waals surface area contributed by atoms with Crippen LogP contribution in [0.1, 0.15) is 35.9 Å². The Hall–Kier alpha value is -4.14. The molecular formula is C25H24FN7O. The fourth-order valence-electron chi connectivity index (χ4n) is 4.17. The third kappa shape index (κ3) is 4.24. The summed E-state index contributed by atoms with van der Waals surface area (Å²) in [6.07, 6.45) is 2.17. The molecule has 0 unspecified atom stereocenters. The molecule has 1 aromatic heterocycles. The van der Waals surface area contributed by atoms with Gasteiger partial charge in [-0.05, 0) is 76.4 Å². The summed E-state index contributed by atoms with van der Waals surface area (Å²) in [5, 5.41) is 24.0. The predicted molar refractivity (Wildman–Crippen MR) is 128 cm³/mol. The highest BCUT2D eigenvalue weighted by Crippen LogP contribution is 2.23. The Morgan fingerprint density at radius 1 is 1.06 bits per heavy atom. The maximum Gasteiger partial charge on any atom is 0.295 e. The quantitative estimate of drug-likeness (QED) is 0.352. The average molecular weight is 458 g/mol. The highest BCUT2D eigenvalue weighted by molar-refractivity contribution is 6.02. The van der Waals surface area contributed by atoms with E-state index in [1.165, 1.54) is 6.07 Å². The van der Waals surface area contributed by atoms with Crippen LogP contribution >= 0.6 is 0 Å². The van der Waals surface area contributed by atoms with Crippen molar-refractivity contribution in [3.8, 4) is 5.69 Å². The smallest absolute Gasteiger partial charge is 0.295 e. The molecule has 5 rings (SSSR count). The van der Waals surface area contributed by atoms with Gasteiger partial charge < -0.3 is 10.2 Å². The van der Waals surface area contributed by atoms with Crippen molar-refractivity contribution < 1.29 is 9.18 Å². The van der Waals surface area contributed by atoms with E-state index in [-0.39, 0.29) is 11.5 Å². The van der Waals surface area contributed by atoms with Crippen LogP contribution in [0.5, 0.6) is 0 Å². The van der Waals surface area contributed by atoms with Gasteiger partial charge in [0.1, 0.15) is 17.3 Å². The molecule has 9 heteroatoms. The maximum absolute atomic E-state index is 14.8. The van der Waals surface area contributed by atoms with Crippen LogP contribution in [0.15, 0.2) is 60.7 Å². The van der Waals surface area contributed by atoms with E-state index in [1.807, 2.05) is 36.4 Å². The number of likely N-dealkylation sites (tertiary alicyclic amines) is 1. The monoisotopic (exact) mass is 457 g/mol. The normalized spacial score (nSPS) is 14.4. The molecule has 3 aromatic carbocycles. The Bertz CT molecular complexity index is 1360. The van der Waals surface area contributed by atoms with Crippen LogP contribution in [-0.4, -0.2) is 49.9 Å². The summed E-state index contributed by atoms with van der Waals surface area (Å²) in [6.45, 7) is 4.00. The number of benzene rings is 3. The summed E-state index contributed by atoms with van der Waals surface area (Å²) in [5.41, 5.74) is 1.41. The molecule has 0 spiro atoms. The number of anilines is 1. The van der Waals surface area contributed by atoms with Gasteiger partial charge in [0, 0.05) is 24.3 Å². The molecule has 4 aromatic rings. The zero-order valence-corrected chi connectivity index (χ0v) is 18.7. The van der Waals surface area contributed by atoms with Crippen molar-refractivity contribution in [3.63, 3.8) is 0 Å². The molecule has 0 bridgehead atoms. The summed E-state index contributed by atoms with van der Waals surface area (Å²) < 4.78 is 15.9. The molecule has 172 valence electrons. The lowest BCUT2D eigenvalue weighted by Crippen LogP contribution is -2.37. The van der Waals surface area contributed by atoms with E-state index in [0.29, 0.717) is 17.4 Å². The first-order chi connectivity index (χ1) is 16.5. The number of fused-ring (bicyclic) bond motifs is 1. The average Bonchev–Trinajstić information content (AvgIpc) is 3.34. The van der Waals surface area contributed by atoms with Crippen molar-refractivity contribution in [2.45, 2.75) is 19.8 Å². The Balaban J connectivity index is 1.33. The van der Waals surface area contributed by atoms with E-state index in [9.17, 15) is 9.18 Å². The predicted octanol–water partition coefficient (Wildman–Crippen LogP) is 4.26. The fourth-order valence-corrected chi connectivity index (χ4v) is 4.17. The Kier molecular flexibility index (Phi) is 5.75. The molecule has 1 saturated heterocycles. The van der Waals surface area contributed by atoms with Crippen molar-refractivity contribution in [3.05, 3.63) is 77.9 Å². The van der Waals surface area contributed by atoms with Crippen LogP contribution in [0.2, 0.25) is 0 Å². The van der Waals surface area contributed by atoms with Gasteiger partial charge in [0.15, 0.2) is 0 Å². The highest BCUT2D eigenvalue weighted by atomic mass is 19.1. The van der Waals surface area contributed by atoms with E-state index < -0.39 is 11.7 Å². The van der Waals surface area contributed by atoms with Crippen molar-refractivity contribution >= 4 is 28.2 Å². The molecule has 0 saturated carbocycles. The molecule has 0 radical (unpaired) electrons. The Morgan fingerprint density at radius 3 is 2.44 bits per heavy atom. The number of hydrogen-bond donors (Lipinski definition) is 2. The maximum atomic E-state index is 14.8. The second-order valence-electron chi connectivity index (χ2n) is 8.61. The number of halogens is 1. The van der Waals surface area contributed by atoms with E-state index in [4.69, 9.17) is 5.41 Å². The van der Waals surface area contributed by atoms with E-state index in [1.54, 1.807) is 18.2 Å². The molecule has 8 nitrogen and oxygen atoms in total. The number of hydrogen-bond acceptors (Lipinski definition) is 5. The van der Waals surface area contributed by atoms with Crippen molar-refractivity contribution in [1.29, 1.82) is 5.41 Å². The van der Waals surface area contributed by atoms with Gasteiger partial charge in [-0.3, -0.25) is 10.2 Å².